The normalized spacial score (nSPS) is 38.8. The molecule has 2 bridgehead atoms. The van der Waals surface area contributed by atoms with Crippen molar-refractivity contribution in [2.75, 3.05) is 25.1 Å². The lowest BCUT2D eigenvalue weighted by Gasteiger charge is -2.45. The van der Waals surface area contributed by atoms with E-state index in [9.17, 15) is 4.79 Å². The molecular formula is C24H30N2O3. The van der Waals surface area contributed by atoms with Crippen LogP contribution in [0.1, 0.15) is 52.0 Å². The van der Waals surface area contributed by atoms with E-state index in [4.69, 9.17) is 9.47 Å². The molecule has 3 fully saturated rings. The van der Waals surface area contributed by atoms with Gasteiger partial charge in [-0.25, -0.2) is 4.79 Å². The summed E-state index contributed by atoms with van der Waals surface area (Å²) in [4.78, 5) is 18.2. The Kier molecular flexibility index (Phi) is 3.18. The van der Waals surface area contributed by atoms with Crippen molar-refractivity contribution < 1.29 is 14.3 Å². The molecule has 3 aliphatic heterocycles. The highest BCUT2D eigenvalue weighted by atomic mass is 16.6. The second-order valence-electron chi connectivity index (χ2n) is 10.6. The first-order valence-electron chi connectivity index (χ1n) is 10.9. The zero-order valence-corrected chi connectivity index (χ0v) is 17.8. The van der Waals surface area contributed by atoms with Gasteiger partial charge in [0.1, 0.15) is 11.4 Å². The number of anilines is 1. The van der Waals surface area contributed by atoms with Gasteiger partial charge in [0.15, 0.2) is 0 Å². The van der Waals surface area contributed by atoms with Crippen molar-refractivity contribution in [3.8, 4) is 5.75 Å². The summed E-state index contributed by atoms with van der Waals surface area (Å²) >= 11 is 0. The second kappa shape index (κ2) is 5.18. The molecule has 1 amide bonds. The van der Waals surface area contributed by atoms with Crippen molar-refractivity contribution in [3.05, 3.63) is 35.9 Å². The number of nitrogens with zero attached hydrogens (tertiary/aromatic N) is 2. The number of benzene rings is 1. The van der Waals surface area contributed by atoms with Crippen LogP contribution in [0, 0.1) is 5.92 Å². The average Bonchev–Trinajstić information content (AvgIpc) is 2.95. The van der Waals surface area contributed by atoms with Crippen molar-refractivity contribution in [1.82, 2.24) is 4.90 Å². The first-order valence-corrected chi connectivity index (χ1v) is 10.9. The van der Waals surface area contributed by atoms with Gasteiger partial charge in [0, 0.05) is 24.0 Å². The molecule has 6 rings (SSSR count). The van der Waals surface area contributed by atoms with Gasteiger partial charge < -0.3 is 9.47 Å². The van der Waals surface area contributed by atoms with Crippen LogP contribution in [0.3, 0.4) is 0 Å². The summed E-state index contributed by atoms with van der Waals surface area (Å²) < 4.78 is 11.5. The molecule has 2 saturated carbocycles. The molecule has 1 saturated heterocycles. The maximum atomic E-state index is 13.5. The molecule has 2 unspecified atom stereocenters. The lowest BCUT2D eigenvalue weighted by Crippen LogP contribution is -2.54. The standard InChI is InChI=1S/C24H30N2O3/c1-21(2,3)29-20(27)26-18-7-6-16(28-4)14-17(18)23-11-13-25-12-5-8-22(25)9-10-24(23,26)19(23)15-22/h5-8,14,19H,9-13,15H2,1-4H3/t19?,22-,23?,24-/m1/s1. The van der Waals surface area contributed by atoms with Crippen molar-refractivity contribution in [2.45, 2.75) is 68.5 Å². The maximum Gasteiger partial charge on any atom is 0.415 e. The molecule has 2 aliphatic carbocycles. The van der Waals surface area contributed by atoms with Crippen LogP contribution in [0.5, 0.6) is 5.75 Å². The third-order valence-electron chi connectivity index (χ3n) is 8.42. The van der Waals surface area contributed by atoms with Crippen LogP contribution >= 0.6 is 0 Å². The van der Waals surface area contributed by atoms with Crippen LogP contribution in [0.25, 0.3) is 0 Å². The summed E-state index contributed by atoms with van der Waals surface area (Å²) in [5.74, 6) is 1.37. The molecule has 5 nitrogen and oxygen atoms in total. The number of ether oxygens (including phenoxy) is 2. The van der Waals surface area contributed by atoms with E-state index >= 15 is 0 Å². The highest BCUT2D eigenvalue weighted by Gasteiger charge is 2.86. The monoisotopic (exact) mass is 394 g/mol. The predicted molar refractivity (Wildman–Crippen MR) is 112 cm³/mol. The maximum absolute atomic E-state index is 13.5. The fourth-order valence-corrected chi connectivity index (χ4v) is 7.42. The zero-order chi connectivity index (χ0) is 20.2. The van der Waals surface area contributed by atoms with E-state index < -0.39 is 5.60 Å². The van der Waals surface area contributed by atoms with Gasteiger partial charge in [0.2, 0.25) is 0 Å². The van der Waals surface area contributed by atoms with Gasteiger partial charge in [-0.3, -0.25) is 9.80 Å². The molecule has 154 valence electrons. The Balaban J connectivity index is 1.51. The number of carbonyl (C=O) groups is 1. The molecule has 1 aromatic carbocycles. The third-order valence-corrected chi connectivity index (χ3v) is 8.42. The van der Waals surface area contributed by atoms with Crippen LogP contribution < -0.4 is 9.64 Å². The Bertz CT molecular complexity index is 950. The highest BCUT2D eigenvalue weighted by Crippen LogP contribution is 2.81. The molecule has 29 heavy (non-hydrogen) atoms. The van der Waals surface area contributed by atoms with Crippen molar-refractivity contribution in [3.63, 3.8) is 0 Å². The van der Waals surface area contributed by atoms with Gasteiger partial charge in [-0.05, 0) is 76.1 Å². The number of hydrogen-bond acceptors (Lipinski definition) is 4. The summed E-state index contributed by atoms with van der Waals surface area (Å²) in [5.41, 5.74) is 1.93. The molecule has 3 heterocycles. The van der Waals surface area contributed by atoms with Crippen molar-refractivity contribution in [2.24, 2.45) is 5.92 Å². The van der Waals surface area contributed by atoms with Crippen LogP contribution in [0.2, 0.25) is 0 Å². The van der Waals surface area contributed by atoms with E-state index in [1.54, 1.807) is 7.11 Å². The summed E-state index contributed by atoms with van der Waals surface area (Å²) in [6.45, 7) is 8.00. The van der Waals surface area contributed by atoms with Crippen LogP contribution in [-0.2, 0) is 10.2 Å². The molecule has 1 aromatic rings. The van der Waals surface area contributed by atoms with Crippen molar-refractivity contribution >= 4 is 11.8 Å². The fourth-order valence-electron chi connectivity index (χ4n) is 7.42. The predicted octanol–water partition coefficient (Wildman–Crippen LogP) is 4.25. The fraction of sp³-hybridized carbons (Fsp3) is 0.625. The minimum absolute atomic E-state index is 0.0372. The number of methoxy groups -OCH3 is 1. The van der Waals surface area contributed by atoms with Gasteiger partial charge in [0.25, 0.3) is 0 Å². The SMILES string of the molecule is COc1ccc2c(c1)C13CCN4CC=C[C@]45CC[C@]1(C3C5)N2C(=O)OC(C)(C)C. The average molecular weight is 395 g/mol. The minimum atomic E-state index is -0.506. The Morgan fingerprint density at radius 2 is 2.03 bits per heavy atom. The highest BCUT2D eigenvalue weighted by molar-refractivity contribution is 5.97. The quantitative estimate of drug-likeness (QED) is 0.668. The van der Waals surface area contributed by atoms with Gasteiger partial charge in [0.05, 0.1) is 18.3 Å². The molecule has 0 radical (unpaired) electrons. The Labute approximate surface area is 172 Å². The summed E-state index contributed by atoms with van der Waals surface area (Å²) in [7, 11) is 1.72. The van der Waals surface area contributed by atoms with Gasteiger partial charge >= 0.3 is 6.09 Å². The molecular weight excluding hydrogens is 364 g/mol. The largest absolute Gasteiger partial charge is 0.497 e. The van der Waals surface area contributed by atoms with Crippen LogP contribution in [-0.4, -0.2) is 47.9 Å². The lowest BCUT2D eigenvalue weighted by molar-refractivity contribution is 0.0514. The zero-order valence-electron chi connectivity index (χ0n) is 17.8. The Morgan fingerprint density at radius 1 is 1.21 bits per heavy atom. The number of amides is 1. The van der Waals surface area contributed by atoms with E-state index in [0.717, 1.165) is 50.2 Å². The van der Waals surface area contributed by atoms with E-state index in [0.29, 0.717) is 5.92 Å². The lowest BCUT2D eigenvalue weighted by atomic mass is 9.78. The number of fused-ring (bicyclic) bond motifs is 1. The molecule has 5 aliphatic rings. The first-order chi connectivity index (χ1) is 13.8. The van der Waals surface area contributed by atoms with E-state index in [1.807, 2.05) is 26.8 Å². The topological polar surface area (TPSA) is 42.0 Å². The van der Waals surface area contributed by atoms with E-state index in [1.165, 1.54) is 5.56 Å². The smallest absolute Gasteiger partial charge is 0.415 e. The third kappa shape index (κ3) is 1.93. The van der Waals surface area contributed by atoms with Gasteiger partial charge in [-0.2, -0.15) is 0 Å². The minimum Gasteiger partial charge on any atom is -0.497 e. The Hall–Kier alpha value is -2.01. The molecule has 0 aromatic heterocycles. The van der Waals surface area contributed by atoms with E-state index in [-0.39, 0.29) is 22.6 Å². The number of rotatable bonds is 1. The van der Waals surface area contributed by atoms with Crippen LogP contribution in [0.15, 0.2) is 30.4 Å². The van der Waals surface area contributed by atoms with Crippen LogP contribution in [0.4, 0.5) is 10.5 Å². The second-order valence-corrected chi connectivity index (χ2v) is 10.6. The molecule has 4 atom stereocenters. The number of hydrogen-bond donors (Lipinski definition) is 0. The Morgan fingerprint density at radius 3 is 2.79 bits per heavy atom. The summed E-state index contributed by atoms with van der Waals surface area (Å²) in [6.07, 6.45) is 9.00. The molecule has 5 heteroatoms. The summed E-state index contributed by atoms with van der Waals surface area (Å²) in [5, 5.41) is 0. The first kappa shape index (κ1) is 17.8. The van der Waals surface area contributed by atoms with Crippen molar-refractivity contribution in [1.29, 1.82) is 0 Å². The summed E-state index contributed by atoms with van der Waals surface area (Å²) in [6, 6.07) is 6.24. The van der Waals surface area contributed by atoms with Gasteiger partial charge in [-0.15, -0.1) is 0 Å². The van der Waals surface area contributed by atoms with Gasteiger partial charge in [-0.1, -0.05) is 12.2 Å². The number of carbonyl (C=O) groups excluding carboxylic acids is 1. The molecule has 3 spiro atoms. The molecule has 0 N–H and O–H groups in total. The van der Waals surface area contributed by atoms with E-state index in [2.05, 4.69) is 34.1 Å².